The van der Waals surface area contributed by atoms with Crippen LogP contribution in [0.5, 0.6) is 0 Å². The van der Waals surface area contributed by atoms with E-state index in [2.05, 4.69) is 0 Å². The van der Waals surface area contributed by atoms with Crippen molar-refractivity contribution in [1.82, 2.24) is 4.31 Å². The number of rotatable bonds is 4. The highest BCUT2D eigenvalue weighted by Crippen LogP contribution is 2.32. The van der Waals surface area contributed by atoms with Gasteiger partial charge < -0.3 is 4.90 Å². The molecule has 1 amide bonds. The Kier molecular flexibility index (Phi) is 4.43. The molecule has 126 valence electrons. The molecule has 2 aromatic rings. The standard InChI is InChI=1S/C18H20N2O3S/c1-14-12-15-8-6-7-11-17(15)20(14)18(21)13-19(2)24(22,23)16-9-4-3-5-10-16/h3-11,14H,12-13H2,1-2H3. The van der Waals surface area contributed by atoms with Crippen LogP contribution in [-0.2, 0) is 21.2 Å². The van der Waals surface area contributed by atoms with Gasteiger partial charge in [0.15, 0.2) is 0 Å². The summed E-state index contributed by atoms with van der Waals surface area (Å²) in [5, 5.41) is 0. The van der Waals surface area contributed by atoms with Crippen molar-refractivity contribution in [2.45, 2.75) is 24.3 Å². The minimum atomic E-state index is -3.67. The zero-order valence-electron chi connectivity index (χ0n) is 13.7. The van der Waals surface area contributed by atoms with E-state index in [1.165, 1.54) is 19.2 Å². The monoisotopic (exact) mass is 344 g/mol. The van der Waals surface area contributed by atoms with Crippen molar-refractivity contribution in [3.8, 4) is 0 Å². The fourth-order valence-corrected chi connectivity index (χ4v) is 4.21. The van der Waals surface area contributed by atoms with Crippen LogP contribution in [0.25, 0.3) is 0 Å². The average molecular weight is 344 g/mol. The summed E-state index contributed by atoms with van der Waals surface area (Å²) < 4.78 is 26.2. The first-order valence-corrected chi connectivity index (χ1v) is 9.26. The summed E-state index contributed by atoms with van der Waals surface area (Å²) in [4.78, 5) is 14.6. The average Bonchev–Trinajstić information content (AvgIpc) is 2.91. The molecular formula is C18H20N2O3S. The molecule has 3 rings (SSSR count). The number of sulfonamides is 1. The number of fused-ring (bicyclic) bond motifs is 1. The van der Waals surface area contributed by atoms with Gasteiger partial charge in [-0.15, -0.1) is 0 Å². The third-order valence-corrected chi connectivity index (χ3v) is 6.10. The van der Waals surface area contributed by atoms with Crippen molar-refractivity contribution in [2.75, 3.05) is 18.5 Å². The van der Waals surface area contributed by atoms with Crippen LogP contribution in [0.1, 0.15) is 12.5 Å². The molecule has 24 heavy (non-hydrogen) atoms. The van der Waals surface area contributed by atoms with Crippen LogP contribution in [-0.4, -0.2) is 38.3 Å². The van der Waals surface area contributed by atoms with Gasteiger partial charge in [0.05, 0.1) is 11.4 Å². The van der Waals surface area contributed by atoms with Crippen molar-refractivity contribution in [3.05, 3.63) is 60.2 Å². The van der Waals surface area contributed by atoms with Crippen LogP contribution in [0.4, 0.5) is 5.69 Å². The zero-order valence-corrected chi connectivity index (χ0v) is 14.5. The SMILES string of the molecule is CC1Cc2ccccc2N1C(=O)CN(C)S(=O)(=O)c1ccccc1. The molecular weight excluding hydrogens is 324 g/mol. The van der Waals surface area contributed by atoms with Crippen LogP contribution in [0.2, 0.25) is 0 Å². The molecule has 5 nitrogen and oxygen atoms in total. The summed E-state index contributed by atoms with van der Waals surface area (Å²) in [6, 6.07) is 15.9. The number of hydrogen-bond acceptors (Lipinski definition) is 3. The first-order chi connectivity index (χ1) is 11.4. The lowest BCUT2D eigenvalue weighted by Crippen LogP contribution is -2.43. The van der Waals surface area contributed by atoms with Gasteiger partial charge in [0.25, 0.3) is 0 Å². The normalized spacial score (nSPS) is 17.1. The fourth-order valence-electron chi connectivity index (χ4n) is 3.07. The molecule has 0 bridgehead atoms. The van der Waals surface area contributed by atoms with Crippen molar-refractivity contribution in [1.29, 1.82) is 0 Å². The van der Waals surface area contributed by atoms with Crippen LogP contribution in [0.3, 0.4) is 0 Å². The van der Waals surface area contributed by atoms with Crippen molar-refractivity contribution in [3.63, 3.8) is 0 Å². The Bertz CT molecular complexity index is 850. The summed E-state index contributed by atoms with van der Waals surface area (Å²) >= 11 is 0. The largest absolute Gasteiger partial charge is 0.308 e. The molecule has 6 heteroatoms. The number of carbonyl (C=O) groups is 1. The van der Waals surface area contributed by atoms with Gasteiger partial charge in [-0.1, -0.05) is 36.4 Å². The first-order valence-electron chi connectivity index (χ1n) is 7.82. The molecule has 0 saturated heterocycles. The van der Waals surface area contributed by atoms with E-state index in [4.69, 9.17) is 0 Å². The van der Waals surface area contributed by atoms with Crippen molar-refractivity contribution < 1.29 is 13.2 Å². The molecule has 1 unspecified atom stereocenters. The Morgan fingerprint density at radius 3 is 2.46 bits per heavy atom. The molecule has 0 aromatic heterocycles. The predicted octanol–water partition coefficient (Wildman–Crippen LogP) is 2.28. The third kappa shape index (κ3) is 2.95. The lowest BCUT2D eigenvalue weighted by atomic mass is 10.1. The molecule has 1 aliphatic heterocycles. The Morgan fingerprint density at radius 2 is 1.75 bits per heavy atom. The minimum absolute atomic E-state index is 0.0303. The molecule has 0 aliphatic carbocycles. The maximum atomic E-state index is 12.7. The smallest absolute Gasteiger partial charge is 0.243 e. The van der Waals surface area contributed by atoms with E-state index >= 15 is 0 Å². The minimum Gasteiger partial charge on any atom is -0.308 e. The second-order valence-electron chi connectivity index (χ2n) is 6.02. The molecule has 1 aliphatic rings. The molecule has 0 spiro atoms. The second-order valence-corrected chi connectivity index (χ2v) is 8.06. The lowest BCUT2D eigenvalue weighted by molar-refractivity contribution is -0.118. The zero-order chi connectivity index (χ0) is 17.3. The Labute approximate surface area is 142 Å². The van der Waals surface area contributed by atoms with E-state index in [0.29, 0.717) is 0 Å². The summed E-state index contributed by atoms with van der Waals surface area (Å²) in [5.41, 5.74) is 1.99. The van der Waals surface area contributed by atoms with Crippen LogP contribution >= 0.6 is 0 Å². The Hall–Kier alpha value is -2.18. The summed E-state index contributed by atoms with van der Waals surface area (Å²) in [7, 11) is -2.24. The molecule has 0 N–H and O–H groups in total. The quantitative estimate of drug-likeness (QED) is 0.855. The van der Waals surface area contributed by atoms with E-state index in [1.807, 2.05) is 31.2 Å². The van der Waals surface area contributed by atoms with Gasteiger partial charge in [-0.25, -0.2) is 8.42 Å². The predicted molar refractivity (Wildman–Crippen MR) is 93.4 cm³/mol. The summed E-state index contributed by atoms with van der Waals surface area (Å²) in [6.07, 6.45) is 0.789. The van der Waals surface area contributed by atoms with E-state index in [9.17, 15) is 13.2 Å². The number of para-hydroxylation sites is 1. The molecule has 0 radical (unpaired) electrons. The molecule has 0 saturated carbocycles. The van der Waals surface area contributed by atoms with E-state index in [1.54, 1.807) is 23.1 Å². The molecule has 1 heterocycles. The van der Waals surface area contributed by atoms with Crippen LogP contribution in [0.15, 0.2) is 59.5 Å². The maximum Gasteiger partial charge on any atom is 0.243 e. The molecule has 2 aromatic carbocycles. The Balaban J connectivity index is 1.80. The van der Waals surface area contributed by atoms with Gasteiger partial charge in [-0.05, 0) is 37.1 Å². The fraction of sp³-hybridized carbons (Fsp3) is 0.278. The number of nitrogens with zero attached hydrogens (tertiary/aromatic N) is 2. The highest BCUT2D eigenvalue weighted by molar-refractivity contribution is 7.89. The Morgan fingerprint density at radius 1 is 1.12 bits per heavy atom. The number of carbonyl (C=O) groups excluding carboxylic acids is 1. The van der Waals surface area contributed by atoms with Gasteiger partial charge in [-0.2, -0.15) is 4.31 Å². The highest BCUT2D eigenvalue weighted by atomic mass is 32.2. The van der Waals surface area contributed by atoms with Crippen LogP contribution in [0, 0.1) is 0 Å². The summed E-state index contributed by atoms with van der Waals surface area (Å²) in [6.45, 7) is 1.79. The van der Waals surface area contributed by atoms with Gasteiger partial charge >= 0.3 is 0 Å². The number of likely N-dealkylation sites (N-methyl/N-ethyl adjacent to an activating group) is 1. The molecule has 0 fully saturated rings. The summed E-state index contributed by atoms with van der Waals surface area (Å²) in [5.74, 6) is -0.213. The van der Waals surface area contributed by atoms with Gasteiger partial charge in [0.2, 0.25) is 15.9 Å². The third-order valence-electron chi connectivity index (χ3n) is 4.29. The second kappa shape index (κ2) is 6.37. The van der Waals surface area contributed by atoms with Crippen molar-refractivity contribution in [2.24, 2.45) is 0 Å². The first kappa shape index (κ1) is 16.7. The number of amides is 1. The van der Waals surface area contributed by atoms with Gasteiger partial charge in [0.1, 0.15) is 0 Å². The molecule has 1 atom stereocenters. The number of hydrogen-bond donors (Lipinski definition) is 0. The van der Waals surface area contributed by atoms with E-state index in [-0.39, 0.29) is 23.4 Å². The highest BCUT2D eigenvalue weighted by Gasteiger charge is 2.32. The lowest BCUT2D eigenvalue weighted by Gasteiger charge is -2.25. The number of anilines is 1. The van der Waals surface area contributed by atoms with Gasteiger partial charge in [-0.3, -0.25) is 4.79 Å². The van der Waals surface area contributed by atoms with Gasteiger partial charge in [0, 0.05) is 18.8 Å². The topological polar surface area (TPSA) is 57.7 Å². The van der Waals surface area contributed by atoms with Crippen LogP contribution < -0.4 is 4.90 Å². The van der Waals surface area contributed by atoms with Crippen molar-refractivity contribution >= 4 is 21.6 Å². The van der Waals surface area contributed by atoms with E-state index in [0.717, 1.165) is 22.0 Å². The van der Waals surface area contributed by atoms with E-state index < -0.39 is 10.0 Å². The number of benzene rings is 2. The maximum absolute atomic E-state index is 12.7.